The lowest BCUT2D eigenvalue weighted by Crippen LogP contribution is -2.06. The van der Waals surface area contributed by atoms with Gasteiger partial charge in [-0.1, -0.05) is 64.1 Å². The smallest absolute Gasteiger partial charge is 0.191 e. The third-order valence-electron chi connectivity index (χ3n) is 4.05. The Morgan fingerprint density at radius 1 is 1.14 bits per heavy atom. The second-order valence-corrected chi connectivity index (χ2v) is 8.94. The summed E-state index contributed by atoms with van der Waals surface area (Å²) in [6.07, 6.45) is 1.77. The van der Waals surface area contributed by atoms with Crippen LogP contribution in [-0.4, -0.2) is 26.3 Å². The summed E-state index contributed by atoms with van der Waals surface area (Å²) < 4.78 is 16.6. The van der Waals surface area contributed by atoms with Crippen LogP contribution in [0.1, 0.15) is 21.7 Å². The van der Waals surface area contributed by atoms with Gasteiger partial charge in [-0.25, -0.2) is 4.39 Å². The van der Waals surface area contributed by atoms with E-state index in [-0.39, 0.29) is 17.4 Å². The third kappa shape index (κ3) is 6.04. The van der Waals surface area contributed by atoms with Crippen LogP contribution < -0.4 is 0 Å². The second kappa shape index (κ2) is 10.8. The molecule has 0 unspecified atom stereocenters. The molecule has 3 rings (SSSR count). The minimum Gasteiger partial charge on any atom is -0.301 e. The topological polar surface area (TPSA) is 47.8 Å². The molecule has 0 fully saturated rings. The highest BCUT2D eigenvalue weighted by Gasteiger charge is 2.15. The lowest BCUT2D eigenvalue weighted by molar-refractivity contribution is 0.102. The predicted molar refractivity (Wildman–Crippen MR) is 121 cm³/mol. The molecule has 0 N–H and O–H groups in total. The van der Waals surface area contributed by atoms with Crippen LogP contribution >= 0.6 is 39.5 Å². The number of allylic oxidation sites excluding steroid dienone is 1. The Kier molecular flexibility index (Phi) is 8.09. The van der Waals surface area contributed by atoms with Crippen LogP contribution in [0.3, 0.4) is 0 Å². The average molecular weight is 492 g/mol. The van der Waals surface area contributed by atoms with Crippen molar-refractivity contribution >= 4 is 45.2 Å². The minimum atomic E-state index is -0.199. The van der Waals surface area contributed by atoms with Crippen LogP contribution in [0.4, 0.5) is 4.39 Å². The number of benzene rings is 2. The van der Waals surface area contributed by atoms with Crippen molar-refractivity contribution in [2.75, 3.05) is 5.75 Å². The van der Waals surface area contributed by atoms with Crippen LogP contribution in [0.15, 0.2) is 70.8 Å². The lowest BCUT2D eigenvalue weighted by Gasteiger charge is -2.08. The van der Waals surface area contributed by atoms with Gasteiger partial charge >= 0.3 is 0 Å². The van der Waals surface area contributed by atoms with Crippen molar-refractivity contribution in [3.05, 3.63) is 88.4 Å². The lowest BCUT2D eigenvalue weighted by atomic mass is 10.2. The molecular formula is C21H19BrFN3OS2. The Labute approximate surface area is 186 Å². The summed E-state index contributed by atoms with van der Waals surface area (Å²) in [6, 6.07) is 14.1. The largest absolute Gasteiger partial charge is 0.301 e. The molecule has 8 heteroatoms. The molecule has 2 aromatic carbocycles. The average Bonchev–Trinajstić information content (AvgIpc) is 3.10. The monoisotopic (exact) mass is 491 g/mol. The van der Waals surface area contributed by atoms with Gasteiger partial charge in [0.25, 0.3) is 0 Å². The van der Waals surface area contributed by atoms with Gasteiger partial charge < -0.3 is 4.57 Å². The van der Waals surface area contributed by atoms with E-state index in [0.717, 1.165) is 10.3 Å². The number of rotatable bonds is 10. The number of carbonyl (C=O) groups is 1. The van der Waals surface area contributed by atoms with Crippen molar-refractivity contribution in [2.24, 2.45) is 0 Å². The molecule has 1 aromatic heterocycles. The number of hydrogen-bond donors (Lipinski definition) is 0. The third-order valence-corrected chi connectivity index (χ3v) is 6.52. The van der Waals surface area contributed by atoms with Crippen molar-refractivity contribution in [2.45, 2.75) is 23.2 Å². The maximum absolute atomic E-state index is 13.8. The first kappa shape index (κ1) is 21.8. The molecule has 1 heterocycles. The van der Waals surface area contributed by atoms with Gasteiger partial charge in [0.1, 0.15) is 11.6 Å². The predicted octanol–water partition coefficient (Wildman–Crippen LogP) is 5.77. The van der Waals surface area contributed by atoms with E-state index in [1.165, 1.54) is 17.8 Å². The molecule has 4 nitrogen and oxygen atoms in total. The number of thioether (sulfide) groups is 2. The molecule has 0 saturated carbocycles. The van der Waals surface area contributed by atoms with E-state index in [2.05, 4.69) is 32.7 Å². The zero-order valence-corrected chi connectivity index (χ0v) is 18.8. The van der Waals surface area contributed by atoms with E-state index in [0.29, 0.717) is 34.3 Å². The number of nitrogens with zero attached hydrogens (tertiary/aromatic N) is 3. The molecule has 0 amide bonds. The van der Waals surface area contributed by atoms with E-state index in [1.807, 2.05) is 22.8 Å². The van der Waals surface area contributed by atoms with Crippen molar-refractivity contribution in [1.29, 1.82) is 0 Å². The second-order valence-electron chi connectivity index (χ2n) is 6.10. The van der Waals surface area contributed by atoms with Crippen molar-refractivity contribution in [3.8, 4) is 0 Å². The minimum absolute atomic E-state index is 0.0335. The number of hydrogen-bond acceptors (Lipinski definition) is 5. The quantitative estimate of drug-likeness (QED) is 0.204. The molecule has 0 aliphatic carbocycles. The number of carbonyl (C=O) groups excluding carboxylic acids is 1. The molecule has 0 saturated heterocycles. The van der Waals surface area contributed by atoms with Crippen LogP contribution in [0.25, 0.3) is 0 Å². The number of ketones is 1. The molecule has 0 aliphatic rings. The molecule has 0 bridgehead atoms. The first-order chi connectivity index (χ1) is 14.1. The fraction of sp³-hybridized carbons (Fsp3) is 0.190. The molecule has 150 valence electrons. The molecule has 0 spiro atoms. The summed E-state index contributed by atoms with van der Waals surface area (Å²) >= 11 is 6.30. The van der Waals surface area contributed by atoms with Crippen LogP contribution in [-0.2, 0) is 18.1 Å². The first-order valence-corrected chi connectivity index (χ1v) is 11.8. The zero-order chi connectivity index (χ0) is 20.6. The fourth-order valence-electron chi connectivity index (χ4n) is 2.56. The zero-order valence-electron chi connectivity index (χ0n) is 15.6. The maximum atomic E-state index is 13.8. The summed E-state index contributed by atoms with van der Waals surface area (Å²) in [5.41, 5.74) is 1.33. The van der Waals surface area contributed by atoms with Gasteiger partial charge in [-0.3, -0.25) is 4.79 Å². The number of halogens is 2. The highest BCUT2D eigenvalue weighted by atomic mass is 79.9. The van der Waals surface area contributed by atoms with Crippen LogP contribution in [0.2, 0.25) is 0 Å². The van der Waals surface area contributed by atoms with E-state index >= 15 is 0 Å². The highest BCUT2D eigenvalue weighted by Crippen LogP contribution is 2.23. The Hall–Kier alpha value is -1.90. The normalized spacial score (nSPS) is 10.8. The van der Waals surface area contributed by atoms with Crippen molar-refractivity contribution in [1.82, 2.24) is 14.8 Å². The molecular weight excluding hydrogens is 473 g/mol. The summed E-state index contributed by atoms with van der Waals surface area (Å²) in [5, 5.41) is 9.18. The van der Waals surface area contributed by atoms with Crippen molar-refractivity contribution in [3.63, 3.8) is 0 Å². The summed E-state index contributed by atoms with van der Waals surface area (Å²) in [4.78, 5) is 12.4. The van der Waals surface area contributed by atoms with Gasteiger partial charge in [-0.15, -0.1) is 28.5 Å². The summed E-state index contributed by atoms with van der Waals surface area (Å²) in [5.74, 6) is 2.04. The van der Waals surface area contributed by atoms with E-state index in [9.17, 15) is 9.18 Å². The number of aromatic nitrogens is 3. The Bertz CT molecular complexity index is 992. The van der Waals surface area contributed by atoms with Gasteiger partial charge in [0.05, 0.1) is 11.5 Å². The Morgan fingerprint density at radius 2 is 1.90 bits per heavy atom. The van der Waals surface area contributed by atoms with Gasteiger partial charge in [0.2, 0.25) is 0 Å². The summed E-state index contributed by atoms with van der Waals surface area (Å²) in [7, 11) is 0. The van der Waals surface area contributed by atoms with E-state index < -0.39 is 0 Å². The molecule has 3 aromatic rings. The molecule has 29 heavy (non-hydrogen) atoms. The van der Waals surface area contributed by atoms with Gasteiger partial charge in [0.15, 0.2) is 10.9 Å². The maximum Gasteiger partial charge on any atom is 0.191 e. The van der Waals surface area contributed by atoms with E-state index in [4.69, 9.17) is 0 Å². The van der Waals surface area contributed by atoms with Gasteiger partial charge in [0, 0.05) is 22.3 Å². The number of Topliss-reactive ketones (excluding diaryl/α,β-unsaturated/α-hetero) is 1. The first-order valence-electron chi connectivity index (χ1n) is 8.84. The SMILES string of the molecule is C=CCn1c(CSCc2ccccc2F)nnc1SCC(=O)c1ccc(Br)cc1. The van der Waals surface area contributed by atoms with Crippen LogP contribution in [0.5, 0.6) is 0 Å². The molecule has 0 radical (unpaired) electrons. The van der Waals surface area contributed by atoms with E-state index in [1.54, 1.807) is 42.1 Å². The molecule has 0 aliphatic heterocycles. The standard InChI is InChI=1S/C21H19BrFN3OS2/c1-2-11-26-20(14-28-12-16-5-3-4-6-18(16)23)24-25-21(26)29-13-19(27)15-7-9-17(22)10-8-15/h2-10H,1,11-14H2. The molecule has 0 atom stereocenters. The highest BCUT2D eigenvalue weighted by molar-refractivity contribution is 9.10. The Balaban J connectivity index is 1.61. The summed E-state index contributed by atoms with van der Waals surface area (Å²) in [6.45, 7) is 4.35. The van der Waals surface area contributed by atoms with Gasteiger partial charge in [-0.2, -0.15) is 0 Å². The van der Waals surface area contributed by atoms with Gasteiger partial charge in [-0.05, 0) is 23.8 Å². The fourth-order valence-corrected chi connectivity index (χ4v) is 4.64. The Morgan fingerprint density at radius 3 is 2.62 bits per heavy atom. The van der Waals surface area contributed by atoms with Crippen LogP contribution in [0, 0.1) is 5.82 Å². The van der Waals surface area contributed by atoms with Crippen molar-refractivity contribution < 1.29 is 9.18 Å².